The molecule has 7 heteroatoms. The number of aromatic nitrogens is 1. The van der Waals surface area contributed by atoms with Crippen LogP contribution in [0.2, 0.25) is 0 Å². The quantitative estimate of drug-likeness (QED) is 0.586. The highest BCUT2D eigenvalue weighted by Crippen LogP contribution is 2.29. The van der Waals surface area contributed by atoms with Gasteiger partial charge in [0.25, 0.3) is 0 Å². The number of nitrogens with one attached hydrogen (secondary N) is 1. The van der Waals surface area contributed by atoms with Gasteiger partial charge in [-0.2, -0.15) is 0 Å². The molecule has 6 nitrogen and oxygen atoms in total. The number of fused-ring (bicyclic) bond motifs is 1. The summed E-state index contributed by atoms with van der Waals surface area (Å²) in [5.41, 5.74) is 1.36. The molecule has 1 amide bonds. The molecule has 0 unspecified atom stereocenters. The summed E-state index contributed by atoms with van der Waals surface area (Å²) < 4.78 is 11.5. The third-order valence-electron chi connectivity index (χ3n) is 3.91. The van der Waals surface area contributed by atoms with E-state index in [1.807, 2.05) is 25.1 Å². The highest BCUT2D eigenvalue weighted by Gasteiger charge is 2.12. The Kier molecular flexibility index (Phi) is 6.03. The third kappa shape index (κ3) is 4.83. The third-order valence-corrected chi connectivity index (χ3v) is 4.84. The summed E-state index contributed by atoms with van der Waals surface area (Å²) in [5.74, 6) is 1.15. The minimum Gasteiger partial charge on any atom is -0.497 e. The van der Waals surface area contributed by atoms with Gasteiger partial charge in [-0.15, -0.1) is 0 Å². The number of carbonyl (C=O) groups is 2. The molecule has 1 N–H and O–H groups in total. The zero-order valence-electron chi connectivity index (χ0n) is 15.2. The molecule has 140 valence electrons. The molecule has 0 radical (unpaired) electrons. The molecule has 3 aromatic rings. The Balaban J connectivity index is 1.55. The first-order chi connectivity index (χ1) is 13.1. The molecule has 0 aliphatic carbocycles. The van der Waals surface area contributed by atoms with Crippen LogP contribution < -0.4 is 14.8 Å². The van der Waals surface area contributed by atoms with Crippen LogP contribution in [0.5, 0.6) is 11.5 Å². The Morgan fingerprint density at radius 3 is 2.52 bits per heavy atom. The SMILES string of the molecule is CCOc1ccc(C(=O)CCC(=O)Nc2nc3ccc(OC)cc3s2)cc1. The maximum atomic E-state index is 12.2. The van der Waals surface area contributed by atoms with Crippen LogP contribution in [-0.4, -0.2) is 30.4 Å². The number of ether oxygens (including phenoxy) is 2. The summed E-state index contributed by atoms with van der Waals surface area (Å²) in [5, 5.41) is 3.27. The van der Waals surface area contributed by atoms with Crippen LogP contribution in [-0.2, 0) is 4.79 Å². The Morgan fingerprint density at radius 1 is 1.07 bits per heavy atom. The molecule has 2 aromatic carbocycles. The van der Waals surface area contributed by atoms with Crippen molar-refractivity contribution in [3.05, 3.63) is 48.0 Å². The first-order valence-corrected chi connectivity index (χ1v) is 9.41. The van der Waals surface area contributed by atoms with Gasteiger partial charge in [0.2, 0.25) is 5.91 Å². The van der Waals surface area contributed by atoms with Gasteiger partial charge in [0.05, 0.1) is 23.9 Å². The lowest BCUT2D eigenvalue weighted by Crippen LogP contribution is -2.13. The van der Waals surface area contributed by atoms with E-state index < -0.39 is 0 Å². The van der Waals surface area contributed by atoms with E-state index in [1.165, 1.54) is 11.3 Å². The predicted octanol–water partition coefficient (Wildman–Crippen LogP) is 4.31. The second-order valence-corrected chi connectivity index (χ2v) is 6.81. The van der Waals surface area contributed by atoms with Gasteiger partial charge in [-0.25, -0.2) is 4.98 Å². The van der Waals surface area contributed by atoms with Gasteiger partial charge < -0.3 is 14.8 Å². The van der Waals surface area contributed by atoms with E-state index in [2.05, 4.69) is 10.3 Å². The number of hydrogen-bond acceptors (Lipinski definition) is 6. The number of carbonyl (C=O) groups excluding carboxylic acids is 2. The number of methoxy groups -OCH3 is 1. The van der Waals surface area contributed by atoms with Crippen LogP contribution >= 0.6 is 11.3 Å². The molecule has 1 aromatic heterocycles. The zero-order chi connectivity index (χ0) is 19.2. The summed E-state index contributed by atoms with van der Waals surface area (Å²) in [4.78, 5) is 28.8. The Morgan fingerprint density at radius 2 is 1.81 bits per heavy atom. The van der Waals surface area contributed by atoms with Gasteiger partial charge in [-0.1, -0.05) is 11.3 Å². The van der Waals surface area contributed by atoms with E-state index in [9.17, 15) is 9.59 Å². The second kappa shape index (κ2) is 8.64. The number of thiazole rings is 1. The molecule has 0 bridgehead atoms. The lowest BCUT2D eigenvalue weighted by Gasteiger charge is -2.05. The number of hydrogen-bond donors (Lipinski definition) is 1. The minimum absolute atomic E-state index is 0.0813. The first kappa shape index (κ1) is 18.8. The molecule has 3 rings (SSSR count). The summed E-state index contributed by atoms with van der Waals surface area (Å²) >= 11 is 1.37. The zero-order valence-corrected chi connectivity index (χ0v) is 16.0. The van der Waals surface area contributed by atoms with Crippen LogP contribution in [0.4, 0.5) is 5.13 Å². The number of benzene rings is 2. The van der Waals surface area contributed by atoms with Gasteiger partial charge in [0.1, 0.15) is 11.5 Å². The molecule has 0 aliphatic heterocycles. The molecular weight excluding hydrogens is 364 g/mol. The molecule has 0 spiro atoms. The summed E-state index contributed by atoms with van der Waals surface area (Å²) in [7, 11) is 1.60. The van der Waals surface area contributed by atoms with Crippen molar-refractivity contribution in [3.8, 4) is 11.5 Å². The van der Waals surface area contributed by atoms with Crippen molar-refractivity contribution in [1.82, 2.24) is 4.98 Å². The number of anilines is 1. The van der Waals surface area contributed by atoms with Gasteiger partial charge in [-0.05, 0) is 49.4 Å². The normalized spacial score (nSPS) is 10.6. The van der Waals surface area contributed by atoms with Crippen molar-refractivity contribution < 1.29 is 19.1 Å². The standard InChI is InChI=1S/C20H20N2O4S/c1-3-26-14-6-4-13(5-7-14)17(23)10-11-19(24)22-20-21-16-9-8-15(25-2)12-18(16)27-20/h4-9,12H,3,10-11H2,1-2H3,(H,21,22,24). The smallest absolute Gasteiger partial charge is 0.226 e. The first-order valence-electron chi connectivity index (χ1n) is 8.59. The van der Waals surface area contributed by atoms with E-state index in [1.54, 1.807) is 31.4 Å². The second-order valence-electron chi connectivity index (χ2n) is 5.78. The van der Waals surface area contributed by atoms with Crippen molar-refractivity contribution in [3.63, 3.8) is 0 Å². The van der Waals surface area contributed by atoms with Gasteiger partial charge in [0.15, 0.2) is 10.9 Å². The molecular formula is C20H20N2O4S. The van der Waals surface area contributed by atoms with Crippen molar-refractivity contribution in [2.24, 2.45) is 0 Å². The van der Waals surface area contributed by atoms with Crippen molar-refractivity contribution in [2.75, 3.05) is 19.0 Å². The van der Waals surface area contributed by atoms with E-state index in [-0.39, 0.29) is 24.5 Å². The summed E-state index contributed by atoms with van der Waals surface area (Å²) in [6.07, 6.45) is 0.240. The van der Waals surface area contributed by atoms with E-state index in [0.29, 0.717) is 17.3 Å². The van der Waals surface area contributed by atoms with Crippen molar-refractivity contribution in [2.45, 2.75) is 19.8 Å². The molecule has 0 atom stereocenters. The van der Waals surface area contributed by atoms with E-state index in [4.69, 9.17) is 9.47 Å². The Labute approximate surface area is 161 Å². The number of rotatable bonds is 8. The summed E-state index contributed by atoms with van der Waals surface area (Å²) in [6.45, 7) is 2.48. The molecule has 1 heterocycles. The molecule has 27 heavy (non-hydrogen) atoms. The number of ketones is 1. The molecule has 0 aliphatic rings. The lowest BCUT2D eigenvalue weighted by atomic mass is 10.1. The van der Waals surface area contributed by atoms with Crippen LogP contribution in [0.1, 0.15) is 30.1 Å². The van der Waals surface area contributed by atoms with Gasteiger partial charge in [-0.3, -0.25) is 9.59 Å². The molecule has 0 saturated heterocycles. The van der Waals surface area contributed by atoms with Crippen LogP contribution in [0, 0.1) is 0 Å². The monoisotopic (exact) mass is 384 g/mol. The number of nitrogens with zero attached hydrogens (tertiary/aromatic N) is 1. The summed E-state index contributed by atoms with van der Waals surface area (Å²) in [6, 6.07) is 12.5. The predicted molar refractivity (Wildman–Crippen MR) is 106 cm³/mol. The molecule has 0 saturated carbocycles. The maximum Gasteiger partial charge on any atom is 0.226 e. The van der Waals surface area contributed by atoms with Crippen molar-refractivity contribution >= 4 is 38.4 Å². The highest BCUT2D eigenvalue weighted by atomic mass is 32.1. The topological polar surface area (TPSA) is 77.5 Å². The van der Waals surface area contributed by atoms with Crippen LogP contribution in [0.15, 0.2) is 42.5 Å². The van der Waals surface area contributed by atoms with Crippen LogP contribution in [0.25, 0.3) is 10.2 Å². The highest BCUT2D eigenvalue weighted by molar-refractivity contribution is 7.22. The van der Waals surface area contributed by atoms with E-state index in [0.717, 1.165) is 21.7 Å². The minimum atomic E-state index is -0.236. The average Bonchev–Trinajstić information content (AvgIpc) is 3.08. The fourth-order valence-corrected chi connectivity index (χ4v) is 3.45. The number of amides is 1. The fraction of sp³-hybridized carbons (Fsp3) is 0.250. The largest absolute Gasteiger partial charge is 0.497 e. The Hall–Kier alpha value is -2.93. The average molecular weight is 384 g/mol. The van der Waals surface area contributed by atoms with E-state index >= 15 is 0 Å². The van der Waals surface area contributed by atoms with Gasteiger partial charge in [0, 0.05) is 18.4 Å². The van der Waals surface area contributed by atoms with Crippen LogP contribution in [0.3, 0.4) is 0 Å². The maximum absolute atomic E-state index is 12.2. The number of Topliss-reactive ketones (excluding diaryl/α,β-unsaturated/α-hetero) is 1. The van der Waals surface area contributed by atoms with Gasteiger partial charge >= 0.3 is 0 Å². The Bertz CT molecular complexity index is 950. The van der Waals surface area contributed by atoms with Crippen molar-refractivity contribution in [1.29, 1.82) is 0 Å². The fourth-order valence-electron chi connectivity index (χ4n) is 2.54. The molecule has 0 fully saturated rings. The lowest BCUT2D eigenvalue weighted by molar-refractivity contribution is -0.116.